The van der Waals surface area contributed by atoms with Gasteiger partial charge in [-0.25, -0.2) is 14.6 Å². The van der Waals surface area contributed by atoms with Crippen LogP contribution in [0.15, 0.2) is 60.9 Å². The fourth-order valence-corrected chi connectivity index (χ4v) is 4.18. The van der Waals surface area contributed by atoms with Gasteiger partial charge in [0, 0.05) is 11.0 Å². The Morgan fingerprint density at radius 1 is 0.968 bits per heavy atom. The predicted octanol–water partition coefficient (Wildman–Crippen LogP) is 3.17. The van der Waals surface area contributed by atoms with Gasteiger partial charge in [0.05, 0.1) is 24.6 Å². The summed E-state index contributed by atoms with van der Waals surface area (Å²) in [6.07, 6.45) is 2.69. The number of rotatable bonds is 6. The van der Waals surface area contributed by atoms with Crippen LogP contribution in [0.1, 0.15) is 18.9 Å². The van der Waals surface area contributed by atoms with Crippen molar-refractivity contribution < 1.29 is 14.9 Å². The van der Waals surface area contributed by atoms with Crippen molar-refractivity contribution in [2.24, 2.45) is 5.41 Å². The number of aliphatic hydroxyl groups is 2. The first-order chi connectivity index (χ1) is 15.1. The monoisotopic (exact) mass is 417 g/mol. The highest BCUT2D eigenvalue weighted by atomic mass is 16.5. The van der Waals surface area contributed by atoms with Gasteiger partial charge < -0.3 is 20.7 Å². The largest absolute Gasteiger partial charge is 0.457 e. The van der Waals surface area contributed by atoms with E-state index in [1.807, 2.05) is 59.3 Å². The van der Waals surface area contributed by atoms with Gasteiger partial charge in [-0.2, -0.15) is 5.10 Å². The SMILES string of the molecule is Nc1ncnc2c1c(-c1ccc(Oc3ccccc3)cc1)nn2C1CC(CO)(CO)C1. The van der Waals surface area contributed by atoms with Crippen LogP contribution in [0.2, 0.25) is 0 Å². The van der Waals surface area contributed by atoms with Crippen LogP contribution in [0.25, 0.3) is 22.3 Å². The second kappa shape index (κ2) is 7.64. The van der Waals surface area contributed by atoms with Crippen molar-refractivity contribution >= 4 is 16.9 Å². The van der Waals surface area contributed by atoms with E-state index < -0.39 is 5.41 Å². The van der Waals surface area contributed by atoms with E-state index in [1.165, 1.54) is 6.33 Å². The van der Waals surface area contributed by atoms with Gasteiger partial charge in [-0.1, -0.05) is 18.2 Å². The summed E-state index contributed by atoms with van der Waals surface area (Å²) in [6.45, 7) is -0.0991. The zero-order chi connectivity index (χ0) is 21.4. The van der Waals surface area contributed by atoms with Crippen LogP contribution in [0, 0.1) is 5.41 Å². The molecular formula is C23H23N5O3. The summed E-state index contributed by atoms with van der Waals surface area (Å²) in [5.41, 5.74) is 7.96. The molecule has 0 spiro atoms. The molecule has 2 aromatic carbocycles. The van der Waals surface area contributed by atoms with E-state index in [-0.39, 0.29) is 19.3 Å². The zero-order valence-corrected chi connectivity index (χ0v) is 16.8. The minimum absolute atomic E-state index is 0.0329. The van der Waals surface area contributed by atoms with Crippen molar-refractivity contribution in [2.75, 3.05) is 18.9 Å². The summed E-state index contributed by atoms with van der Waals surface area (Å²) in [5, 5.41) is 24.8. The second-order valence-corrected chi connectivity index (χ2v) is 8.07. The molecule has 31 heavy (non-hydrogen) atoms. The molecule has 1 aliphatic carbocycles. The first kappa shape index (κ1) is 19.5. The van der Waals surface area contributed by atoms with Gasteiger partial charge in [0.25, 0.3) is 0 Å². The molecule has 0 amide bonds. The maximum absolute atomic E-state index is 9.63. The third-order valence-corrected chi connectivity index (χ3v) is 5.98. The Morgan fingerprint density at radius 3 is 2.32 bits per heavy atom. The highest BCUT2D eigenvalue weighted by molar-refractivity contribution is 5.98. The molecule has 4 N–H and O–H groups in total. The predicted molar refractivity (Wildman–Crippen MR) is 117 cm³/mol. The lowest BCUT2D eigenvalue weighted by atomic mass is 9.66. The van der Waals surface area contributed by atoms with Crippen molar-refractivity contribution in [1.29, 1.82) is 0 Å². The molecule has 8 nitrogen and oxygen atoms in total. The van der Waals surface area contributed by atoms with E-state index in [2.05, 4.69) is 9.97 Å². The first-order valence-electron chi connectivity index (χ1n) is 10.2. The number of para-hydroxylation sites is 1. The van der Waals surface area contributed by atoms with E-state index in [9.17, 15) is 10.2 Å². The van der Waals surface area contributed by atoms with Gasteiger partial charge >= 0.3 is 0 Å². The Hall–Kier alpha value is -3.49. The standard InChI is InChI=1S/C23H23N5O3/c24-21-19-20(15-6-8-18(9-7-15)31-17-4-2-1-3-5-17)27-28(22(19)26-14-25-21)16-10-23(11-16,12-29)13-30/h1-9,14,16,29-30H,10-13H2,(H2,24,25,26). The number of nitrogen functional groups attached to an aromatic ring is 1. The molecule has 158 valence electrons. The van der Waals surface area contributed by atoms with Crippen LogP contribution in [0.3, 0.4) is 0 Å². The molecule has 0 unspecified atom stereocenters. The zero-order valence-electron chi connectivity index (χ0n) is 16.8. The number of aromatic nitrogens is 4. The molecule has 0 aliphatic heterocycles. The van der Waals surface area contributed by atoms with E-state index >= 15 is 0 Å². The van der Waals surface area contributed by atoms with Gasteiger partial charge in [0.2, 0.25) is 0 Å². The average molecular weight is 417 g/mol. The topological polar surface area (TPSA) is 119 Å². The van der Waals surface area contributed by atoms with E-state index in [0.29, 0.717) is 35.4 Å². The summed E-state index contributed by atoms with van der Waals surface area (Å²) in [7, 11) is 0. The van der Waals surface area contributed by atoms with Crippen molar-refractivity contribution in [3.8, 4) is 22.8 Å². The van der Waals surface area contributed by atoms with Crippen molar-refractivity contribution in [3.63, 3.8) is 0 Å². The molecule has 2 heterocycles. The number of nitrogens with two attached hydrogens (primary N) is 1. The molecule has 0 saturated heterocycles. The molecule has 4 aromatic rings. The number of aliphatic hydroxyl groups excluding tert-OH is 2. The average Bonchev–Trinajstić information content (AvgIpc) is 3.16. The molecule has 1 aliphatic rings. The normalized spacial score (nSPS) is 15.7. The number of nitrogens with zero attached hydrogens (tertiary/aromatic N) is 4. The van der Waals surface area contributed by atoms with Crippen LogP contribution in [0.4, 0.5) is 5.82 Å². The van der Waals surface area contributed by atoms with Gasteiger partial charge in [-0.3, -0.25) is 0 Å². The van der Waals surface area contributed by atoms with Gasteiger partial charge in [0.15, 0.2) is 5.65 Å². The molecule has 8 heteroatoms. The maximum Gasteiger partial charge on any atom is 0.164 e. The molecule has 1 saturated carbocycles. The Labute approximate surface area is 178 Å². The maximum atomic E-state index is 9.63. The Bertz CT molecular complexity index is 1200. The summed E-state index contributed by atoms with van der Waals surface area (Å²) in [6, 6.07) is 17.3. The molecular weight excluding hydrogens is 394 g/mol. The first-order valence-corrected chi connectivity index (χ1v) is 10.2. The number of benzene rings is 2. The Balaban J connectivity index is 1.49. The number of hydrogen-bond acceptors (Lipinski definition) is 7. The second-order valence-electron chi connectivity index (χ2n) is 8.07. The number of fused-ring (bicyclic) bond motifs is 1. The van der Waals surface area contributed by atoms with Crippen molar-refractivity contribution in [2.45, 2.75) is 18.9 Å². The smallest absolute Gasteiger partial charge is 0.164 e. The lowest BCUT2D eigenvalue weighted by Crippen LogP contribution is -2.44. The van der Waals surface area contributed by atoms with E-state index in [0.717, 1.165) is 17.1 Å². The summed E-state index contributed by atoms with van der Waals surface area (Å²) < 4.78 is 7.72. The molecule has 2 aromatic heterocycles. The van der Waals surface area contributed by atoms with Gasteiger partial charge in [-0.05, 0) is 49.2 Å². The minimum atomic E-state index is -0.460. The summed E-state index contributed by atoms with van der Waals surface area (Å²) >= 11 is 0. The van der Waals surface area contributed by atoms with E-state index in [4.69, 9.17) is 15.6 Å². The highest BCUT2D eigenvalue weighted by Gasteiger charge is 2.45. The van der Waals surface area contributed by atoms with Gasteiger partial charge in [-0.15, -0.1) is 0 Å². The number of ether oxygens (including phenoxy) is 1. The molecule has 1 fully saturated rings. The van der Waals surface area contributed by atoms with Crippen molar-refractivity contribution in [3.05, 3.63) is 60.9 Å². The summed E-state index contributed by atoms with van der Waals surface area (Å²) in [4.78, 5) is 8.58. The Morgan fingerprint density at radius 2 is 1.65 bits per heavy atom. The highest BCUT2D eigenvalue weighted by Crippen LogP contribution is 2.49. The number of hydrogen-bond donors (Lipinski definition) is 3. The molecule has 0 bridgehead atoms. The fourth-order valence-electron chi connectivity index (χ4n) is 4.18. The van der Waals surface area contributed by atoms with Gasteiger partial charge in [0.1, 0.15) is 29.3 Å². The molecule has 5 rings (SSSR count). The third kappa shape index (κ3) is 3.39. The Kier molecular flexibility index (Phi) is 4.80. The van der Waals surface area contributed by atoms with Crippen molar-refractivity contribution in [1.82, 2.24) is 19.7 Å². The van der Waals surface area contributed by atoms with Crippen LogP contribution in [-0.4, -0.2) is 43.2 Å². The van der Waals surface area contributed by atoms with E-state index in [1.54, 1.807) is 0 Å². The van der Waals surface area contributed by atoms with Crippen LogP contribution >= 0.6 is 0 Å². The lowest BCUT2D eigenvalue weighted by Gasteiger charge is -2.45. The molecule has 0 radical (unpaired) electrons. The fraction of sp³-hybridized carbons (Fsp3) is 0.261. The van der Waals surface area contributed by atoms with Crippen LogP contribution in [0.5, 0.6) is 11.5 Å². The number of anilines is 1. The lowest BCUT2D eigenvalue weighted by molar-refractivity contribution is -0.0451. The van der Waals surface area contributed by atoms with Crippen LogP contribution < -0.4 is 10.5 Å². The minimum Gasteiger partial charge on any atom is -0.457 e. The quantitative estimate of drug-likeness (QED) is 0.441. The summed E-state index contributed by atoms with van der Waals surface area (Å²) in [5.74, 6) is 1.85. The molecule has 0 atom stereocenters. The third-order valence-electron chi connectivity index (χ3n) is 5.98. The van der Waals surface area contributed by atoms with Crippen LogP contribution in [-0.2, 0) is 0 Å².